The van der Waals surface area contributed by atoms with Crippen LogP contribution in [0.3, 0.4) is 0 Å². The summed E-state index contributed by atoms with van der Waals surface area (Å²) >= 11 is 0. The van der Waals surface area contributed by atoms with Gasteiger partial charge in [0.2, 0.25) is 0 Å². The monoisotopic (exact) mass is 285 g/mol. The van der Waals surface area contributed by atoms with Gasteiger partial charge in [0.15, 0.2) is 6.10 Å². The number of aryl methyl sites for hydroxylation is 1. The largest absolute Gasteiger partial charge is 0.418 e. The zero-order valence-electron chi connectivity index (χ0n) is 9.68. The van der Waals surface area contributed by atoms with Crippen molar-refractivity contribution in [3.63, 3.8) is 0 Å². The van der Waals surface area contributed by atoms with Gasteiger partial charge in [0, 0.05) is 30.8 Å². The minimum absolute atomic E-state index is 0.0255. The van der Waals surface area contributed by atoms with E-state index in [0.717, 1.165) is 6.26 Å². The lowest BCUT2D eigenvalue weighted by Crippen LogP contribution is -2.19. The molecule has 0 spiro atoms. The van der Waals surface area contributed by atoms with E-state index in [-0.39, 0.29) is 17.9 Å². The quantitative estimate of drug-likeness (QED) is 0.892. The average Bonchev–Trinajstić information content (AvgIpc) is 2.61. The first kappa shape index (κ1) is 15.0. The molecule has 1 atom stereocenters. The second kappa shape index (κ2) is 5.31. The number of rotatable bonds is 5. The lowest BCUT2D eigenvalue weighted by Gasteiger charge is -2.12. The summed E-state index contributed by atoms with van der Waals surface area (Å²) in [6.45, 7) is 0.289. The van der Waals surface area contributed by atoms with Gasteiger partial charge >= 0.3 is 6.18 Å². The molecule has 1 aromatic rings. The highest BCUT2D eigenvalue weighted by Crippen LogP contribution is 2.32. The molecule has 0 aliphatic carbocycles. The number of alkyl halides is 3. The summed E-state index contributed by atoms with van der Waals surface area (Å²) in [6, 6.07) is 1.17. The summed E-state index contributed by atoms with van der Waals surface area (Å²) in [6.07, 6.45) is -3.24. The van der Waals surface area contributed by atoms with Gasteiger partial charge in [-0.2, -0.15) is 13.2 Å². The van der Waals surface area contributed by atoms with E-state index in [1.165, 1.54) is 23.0 Å². The second-order valence-electron chi connectivity index (χ2n) is 4.11. The van der Waals surface area contributed by atoms with Gasteiger partial charge in [-0.1, -0.05) is 0 Å². The molecule has 1 N–H and O–H groups in total. The molecular weight excluding hydrogens is 271 g/mol. The molecule has 18 heavy (non-hydrogen) atoms. The number of hydrogen-bond donors (Lipinski definition) is 1. The first-order valence-electron chi connectivity index (χ1n) is 5.18. The zero-order valence-corrected chi connectivity index (χ0v) is 10.5. The highest BCUT2D eigenvalue weighted by atomic mass is 32.2. The molecule has 104 valence electrons. The molecule has 4 nitrogen and oxygen atoms in total. The van der Waals surface area contributed by atoms with Crippen LogP contribution in [0.1, 0.15) is 18.1 Å². The Morgan fingerprint density at radius 3 is 2.56 bits per heavy atom. The molecule has 0 aliphatic rings. The SMILES string of the molecule is CS(=O)(=O)CCCn1ccc(C(O)C(F)(F)F)c1. The smallest absolute Gasteiger partial charge is 0.379 e. The Balaban J connectivity index is 2.59. The average molecular weight is 285 g/mol. The number of aliphatic hydroxyl groups excluding tert-OH is 1. The molecular formula is C10H14F3NO3S. The Kier molecular flexibility index (Phi) is 4.44. The molecule has 1 aromatic heterocycles. The molecule has 0 bridgehead atoms. The molecule has 0 radical (unpaired) electrons. The van der Waals surface area contributed by atoms with Crippen LogP contribution in [0.15, 0.2) is 18.5 Å². The van der Waals surface area contributed by atoms with Gasteiger partial charge in [-0.15, -0.1) is 0 Å². The third kappa shape index (κ3) is 4.69. The van der Waals surface area contributed by atoms with E-state index in [1.807, 2.05) is 0 Å². The van der Waals surface area contributed by atoms with E-state index in [9.17, 15) is 21.6 Å². The maximum absolute atomic E-state index is 12.2. The number of sulfone groups is 1. The third-order valence-corrected chi connectivity index (χ3v) is 3.36. The fourth-order valence-corrected chi connectivity index (χ4v) is 2.11. The standard InChI is InChI=1S/C10H14F3NO3S/c1-18(16,17)6-2-4-14-5-3-8(7-14)9(15)10(11,12)13/h3,5,7,9,15H,2,4,6H2,1H3. The van der Waals surface area contributed by atoms with Crippen molar-refractivity contribution in [1.29, 1.82) is 0 Å². The molecule has 0 saturated carbocycles. The van der Waals surface area contributed by atoms with Crippen LogP contribution >= 0.6 is 0 Å². The van der Waals surface area contributed by atoms with Gasteiger partial charge in [0.05, 0.1) is 5.75 Å². The van der Waals surface area contributed by atoms with Crippen molar-refractivity contribution in [2.45, 2.75) is 25.2 Å². The van der Waals surface area contributed by atoms with E-state index in [2.05, 4.69) is 0 Å². The topological polar surface area (TPSA) is 59.3 Å². The summed E-state index contributed by atoms with van der Waals surface area (Å²) in [5.74, 6) is -0.0255. The Morgan fingerprint density at radius 1 is 1.44 bits per heavy atom. The van der Waals surface area contributed by atoms with Crippen molar-refractivity contribution in [1.82, 2.24) is 4.57 Å². The van der Waals surface area contributed by atoms with Crippen LogP contribution in [0, 0.1) is 0 Å². The van der Waals surface area contributed by atoms with Gasteiger partial charge in [0.1, 0.15) is 9.84 Å². The summed E-state index contributed by atoms with van der Waals surface area (Å²) in [5, 5.41) is 8.99. The normalized spacial score (nSPS) is 14.7. The Labute approximate surface area is 103 Å². The number of nitrogens with zero attached hydrogens (tertiary/aromatic N) is 1. The first-order valence-corrected chi connectivity index (χ1v) is 7.24. The number of aromatic nitrogens is 1. The van der Waals surface area contributed by atoms with Crippen LogP contribution < -0.4 is 0 Å². The summed E-state index contributed by atoms with van der Waals surface area (Å²) < 4.78 is 59.8. The van der Waals surface area contributed by atoms with Gasteiger partial charge in [0.25, 0.3) is 0 Å². The van der Waals surface area contributed by atoms with E-state index in [1.54, 1.807) is 0 Å². The van der Waals surface area contributed by atoms with E-state index < -0.39 is 22.1 Å². The minimum Gasteiger partial charge on any atom is -0.379 e. The maximum Gasteiger partial charge on any atom is 0.418 e. The van der Waals surface area contributed by atoms with Gasteiger partial charge in [-0.05, 0) is 12.5 Å². The Bertz CT molecular complexity index is 493. The van der Waals surface area contributed by atoms with Crippen LogP contribution in [0.5, 0.6) is 0 Å². The van der Waals surface area contributed by atoms with Gasteiger partial charge in [-0.25, -0.2) is 8.42 Å². The van der Waals surface area contributed by atoms with Crippen molar-refractivity contribution in [3.8, 4) is 0 Å². The Hall–Kier alpha value is -1.02. The third-order valence-electron chi connectivity index (χ3n) is 2.33. The van der Waals surface area contributed by atoms with Crippen LogP contribution in [0.4, 0.5) is 13.2 Å². The van der Waals surface area contributed by atoms with Crippen LogP contribution in [-0.2, 0) is 16.4 Å². The minimum atomic E-state index is -4.70. The summed E-state index contributed by atoms with van der Waals surface area (Å²) in [7, 11) is -3.07. The lowest BCUT2D eigenvalue weighted by atomic mass is 10.2. The first-order chi connectivity index (χ1) is 8.09. The zero-order chi connectivity index (χ0) is 14.0. The molecule has 1 unspecified atom stereocenters. The van der Waals surface area contributed by atoms with E-state index in [4.69, 9.17) is 5.11 Å². The molecule has 0 saturated heterocycles. The predicted molar refractivity (Wildman–Crippen MR) is 59.8 cm³/mol. The molecule has 0 aromatic carbocycles. The van der Waals surface area contributed by atoms with Crippen LogP contribution in [0.2, 0.25) is 0 Å². The maximum atomic E-state index is 12.2. The fraction of sp³-hybridized carbons (Fsp3) is 0.600. The number of halogens is 3. The highest BCUT2D eigenvalue weighted by molar-refractivity contribution is 7.90. The summed E-state index contributed by atoms with van der Waals surface area (Å²) in [4.78, 5) is 0. The molecule has 0 fully saturated rings. The van der Waals surface area contributed by atoms with Crippen molar-refractivity contribution in [2.24, 2.45) is 0 Å². The Morgan fingerprint density at radius 2 is 2.06 bits per heavy atom. The summed E-state index contributed by atoms with van der Waals surface area (Å²) in [5.41, 5.74) is -0.248. The van der Waals surface area contributed by atoms with Crippen molar-refractivity contribution in [3.05, 3.63) is 24.0 Å². The highest BCUT2D eigenvalue weighted by Gasteiger charge is 2.39. The molecule has 8 heteroatoms. The molecule has 0 amide bonds. The number of hydrogen-bond acceptors (Lipinski definition) is 3. The van der Waals surface area contributed by atoms with Gasteiger partial charge in [-0.3, -0.25) is 0 Å². The molecule has 0 aliphatic heterocycles. The van der Waals surface area contributed by atoms with Crippen LogP contribution in [-0.4, -0.2) is 36.3 Å². The molecule has 1 rings (SSSR count). The predicted octanol–water partition coefficient (Wildman–Crippen LogP) is 1.52. The van der Waals surface area contributed by atoms with E-state index in [0.29, 0.717) is 6.42 Å². The second-order valence-corrected chi connectivity index (χ2v) is 6.37. The van der Waals surface area contributed by atoms with Crippen LogP contribution in [0.25, 0.3) is 0 Å². The molecule has 1 heterocycles. The fourth-order valence-electron chi connectivity index (χ4n) is 1.46. The van der Waals surface area contributed by atoms with Crippen molar-refractivity contribution in [2.75, 3.05) is 12.0 Å². The van der Waals surface area contributed by atoms with E-state index >= 15 is 0 Å². The number of aliphatic hydroxyl groups is 1. The van der Waals surface area contributed by atoms with Crippen molar-refractivity contribution < 1.29 is 26.7 Å². The van der Waals surface area contributed by atoms with Crippen molar-refractivity contribution >= 4 is 9.84 Å². The lowest BCUT2D eigenvalue weighted by molar-refractivity contribution is -0.206. The van der Waals surface area contributed by atoms with Gasteiger partial charge < -0.3 is 9.67 Å².